The van der Waals surface area contributed by atoms with Crippen molar-refractivity contribution in [2.24, 2.45) is 5.73 Å². The predicted molar refractivity (Wildman–Crippen MR) is 92.0 cm³/mol. The fraction of sp³-hybridized carbons (Fsp3) is 0.375. The van der Waals surface area contributed by atoms with Crippen LogP contribution in [0.4, 0.5) is 5.13 Å². The number of hydrogen-bond donors (Lipinski definition) is 2. The van der Waals surface area contributed by atoms with Gasteiger partial charge in [0.2, 0.25) is 5.91 Å². The minimum Gasteiger partial charge on any atom is -0.497 e. The van der Waals surface area contributed by atoms with Gasteiger partial charge in [0.15, 0.2) is 5.13 Å². The van der Waals surface area contributed by atoms with Crippen LogP contribution in [0.3, 0.4) is 0 Å². The minimum absolute atomic E-state index is 0.170. The molecule has 1 aromatic carbocycles. The second kappa shape index (κ2) is 8.05. The maximum absolute atomic E-state index is 12.0. The SMILES string of the molecule is CCc1sc(NC(=O)C(N)COC)nc1-c1ccc(OC)cc1. The summed E-state index contributed by atoms with van der Waals surface area (Å²) in [6, 6.07) is 6.98. The van der Waals surface area contributed by atoms with E-state index in [0.717, 1.165) is 28.3 Å². The van der Waals surface area contributed by atoms with E-state index >= 15 is 0 Å². The summed E-state index contributed by atoms with van der Waals surface area (Å²) < 4.78 is 10.1. The number of aromatic nitrogens is 1. The van der Waals surface area contributed by atoms with Gasteiger partial charge in [-0.1, -0.05) is 6.92 Å². The van der Waals surface area contributed by atoms with Crippen molar-refractivity contribution < 1.29 is 14.3 Å². The number of rotatable bonds is 7. The van der Waals surface area contributed by atoms with E-state index in [1.165, 1.54) is 18.4 Å². The van der Waals surface area contributed by atoms with E-state index in [-0.39, 0.29) is 12.5 Å². The Balaban J connectivity index is 2.21. The Morgan fingerprint density at radius 2 is 2.04 bits per heavy atom. The van der Waals surface area contributed by atoms with E-state index in [4.69, 9.17) is 15.2 Å². The molecule has 124 valence electrons. The molecule has 23 heavy (non-hydrogen) atoms. The molecule has 7 heteroatoms. The molecule has 0 aliphatic heterocycles. The lowest BCUT2D eigenvalue weighted by atomic mass is 10.1. The molecule has 2 rings (SSSR count). The van der Waals surface area contributed by atoms with Crippen LogP contribution in [0.2, 0.25) is 0 Å². The van der Waals surface area contributed by atoms with Gasteiger partial charge in [0, 0.05) is 17.6 Å². The Morgan fingerprint density at radius 3 is 2.61 bits per heavy atom. The first-order chi connectivity index (χ1) is 11.1. The van der Waals surface area contributed by atoms with Crippen molar-refractivity contribution >= 4 is 22.4 Å². The molecule has 1 amide bonds. The molecular formula is C16H21N3O3S. The molecule has 0 fully saturated rings. The Labute approximate surface area is 139 Å². The van der Waals surface area contributed by atoms with Crippen LogP contribution in [0, 0.1) is 0 Å². The number of ether oxygens (including phenoxy) is 2. The first-order valence-corrected chi connectivity index (χ1v) is 8.10. The van der Waals surface area contributed by atoms with Gasteiger partial charge in [-0.15, -0.1) is 11.3 Å². The number of benzene rings is 1. The molecule has 1 unspecified atom stereocenters. The van der Waals surface area contributed by atoms with E-state index in [2.05, 4.69) is 17.2 Å². The second-order valence-corrected chi connectivity index (χ2v) is 6.01. The van der Waals surface area contributed by atoms with Crippen molar-refractivity contribution in [2.75, 3.05) is 26.1 Å². The lowest BCUT2D eigenvalue weighted by molar-refractivity contribution is -0.118. The molecule has 3 N–H and O–H groups in total. The van der Waals surface area contributed by atoms with Gasteiger partial charge in [0.1, 0.15) is 11.8 Å². The van der Waals surface area contributed by atoms with Gasteiger partial charge in [-0.3, -0.25) is 4.79 Å². The standard InChI is InChI=1S/C16H21N3O3S/c1-4-13-14(10-5-7-11(22-3)8-6-10)18-16(23-13)19-15(20)12(17)9-21-2/h5-8,12H,4,9,17H2,1-3H3,(H,18,19,20). The Bertz CT molecular complexity index is 655. The molecule has 0 radical (unpaired) electrons. The molecule has 6 nitrogen and oxygen atoms in total. The van der Waals surface area contributed by atoms with Crippen LogP contribution in [0.15, 0.2) is 24.3 Å². The number of anilines is 1. The molecule has 0 saturated carbocycles. The summed E-state index contributed by atoms with van der Waals surface area (Å²) in [6.07, 6.45) is 0.832. The minimum atomic E-state index is -0.710. The highest BCUT2D eigenvalue weighted by molar-refractivity contribution is 7.16. The van der Waals surface area contributed by atoms with Crippen molar-refractivity contribution in [1.29, 1.82) is 0 Å². The van der Waals surface area contributed by atoms with Crippen molar-refractivity contribution in [1.82, 2.24) is 4.98 Å². The van der Waals surface area contributed by atoms with Gasteiger partial charge >= 0.3 is 0 Å². The number of nitrogens with two attached hydrogens (primary N) is 1. The summed E-state index contributed by atoms with van der Waals surface area (Å²) in [5.74, 6) is 0.491. The monoisotopic (exact) mass is 335 g/mol. The smallest absolute Gasteiger partial charge is 0.245 e. The molecule has 2 aromatic rings. The zero-order valence-corrected chi connectivity index (χ0v) is 14.3. The third-order valence-corrected chi connectivity index (χ3v) is 4.41. The van der Waals surface area contributed by atoms with Gasteiger partial charge < -0.3 is 20.5 Å². The number of hydrogen-bond acceptors (Lipinski definition) is 6. The highest BCUT2D eigenvalue weighted by Crippen LogP contribution is 2.32. The van der Waals surface area contributed by atoms with Crippen LogP contribution in [0.5, 0.6) is 5.75 Å². The molecule has 0 aliphatic carbocycles. The first-order valence-electron chi connectivity index (χ1n) is 7.28. The van der Waals surface area contributed by atoms with Gasteiger partial charge in [0.25, 0.3) is 0 Å². The zero-order valence-electron chi connectivity index (χ0n) is 13.5. The quantitative estimate of drug-likeness (QED) is 0.811. The van der Waals surface area contributed by atoms with E-state index in [1.807, 2.05) is 24.3 Å². The lowest BCUT2D eigenvalue weighted by Gasteiger charge is -2.08. The fourth-order valence-electron chi connectivity index (χ4n) is 2.07. The van der Waals surface area contributed by atoms with E-state index in [1.54, 1.807) is 7.11 Å². The fourth-order valence-corrected chi connectivity index (χ4v) is 3.00. The highest BCUT2D eigenvalue weighted by Gasteiger charge is 2.17. The lowest BCUT2D eigenvalue weighted by Crippen LogP contribution is -2.39. The summed E-state index contributed by atoms with van der Waals surface area (Å²) in [5.41, 5.74) is 7.58. The maximum atomic E-state index is 12.0. The van der Waals surface area contributed by atoms with Crippen LogP contribution in [-0.2, 0) is 16.0 Å². The average Bonchev–Trinajstić information content (AvgIpc) is 2.98. The number of aryl methyl sites for hydroxylation is 1. The van der Waals surface area contributed by atoms with Crippen molar-refractivity contribution in [3.05, 3.63) is 29.1 Å². The molecule has 0 bridgehead atoms. The summed E-state index contributed by atoms with van der Waals surface area (Å²) in [4.78, 5) is 17.6. The van der Waals surface area contributed by atoms with Crippen molar-refractivity contribution in [2.45, 2.75) is 19.4 Å². The normalized spacial score (nSPS) is 12.0. The third kappa shape index (κ3) is 4.28. The van der Waals surface area contributed by atoms with E-state index < -0.39 is 6.04 Å². The highest BCUT2D eigenvalue weighted by atomic mass is 32.1. The van der Waals surface area contributed by atoms with Crippen LogP contribution in [0.25, 0.3) is 11.3 Å². The maximum Gasteiger partial charge on any atom is 0.245 e. The number of amides is 1. The van der Waals surface area contributed by atoms with Crippen LogP contribution < -0.4 is 15.8 Å². The molecule has 0 spiro atoms. The summed E-state index contributed by atoms with van der Waals surface area (Å²) in [5, 5.41) is 3.30. The Kier molecular flexibility index (Phi) is 6.09. The molecule has 1 heterocycles. The predicted octanol–water partition coefficient (Wildman–Crippen LogP) is 2.29. The third-order valence-electron chi connectivity index (χ3n) is 3.30. The Hall–Kier alpha value is -1.96. The molecule has 0 saturated heterocycles. The largest absolute Gasteiger partial charge is 0.497 e. The number of methoxy groups -OCH3 is 2. The van der Waals surface area contributed by atoms with E-state index in [9.17, 15) is 4.79 Å². The van der Waals surface area contributed by atoms with Crippen molar-refractivity contribution in [3.8, 4) is 17.0 Å². The first kappa shape index (κ1) is 17.4. The van der Waals surface area contributed by atoms with Gasteiger partial charge in [-0.05, 0) is 30.7 Å². The topological polar surface area (TPSA) is 86.5 Å². The number of nitrogens with one attached hydrogen (secondary N) is 1. The molecule has 1 atom stereocenters. The van der Waals surface area contributed by atoms with Gasteiger partial charge in [-0.25, -0.2) is 4.98 Å². The molecule has 0 aliphatic rings. The van der Waals surface area contributed by atoms with Crippen LogP contribution in [0.1, 0.15) is 11.8 Å². The second-order valence-electron chi connectivity index (χ2n) is 4.92. The summed E-state index contributed by atoms with van der Waals surface area (Å²) in [6.45, 7) is 2.23. The number of carbonyl (C=O) groups excluding carboxylic acids is 1. The van der Waals surface area contributed by atoms with Crippen molar-refractivity contribution in [3.63, 3.8) is 0 Å². The number of nitrogens with zero attached hydrogens (tertiary/aromatic N) is 1. The van der Waals surface area contributed by atoms with Crippen LogP contribution in [-0.4, -0.2) is 37.8 Å². The average molecular weight is 335 g/mol. The van der Waals surface area contributed by atoms with Gasteiger partial charge in [0.05, 0.1) is 19.4 Å². The number of carbonyl (C=O) groups is 1. The number of thiazole rings is 1. The molecule has 1 aromatic heterocycles. The van der Waals surface area contributed by atoms with E-state index in [0.29, 0.717) is 5.13 Å². The van der Waals surface area contributed by atoms with Gasteiger partial charge in [-0.2, -0.15) is 0 Å². The van der Waals surface area contributed by atoms with Crippen LogP contribution >= 0.6 is 11.3 Å². The molecular weight excluding hydrogens is 314 g/mol. The summed E-state index contributed by atoms with van der Waals surface area (Å²) >= 11 is 1.46. The Morgan fingerprint density at radius 1 is 1.35 bits per heavy atom. The zero-order chi connectivity index (χ0) is 16.8. The summed E-state index contributed by atoms with van der Waals surface area (Å²) in [7, 11) is 3.14.